The molecule has 11 bridgehead atoms. The summed E-state index contributed by atoms with van der Waals surface area (Å²) in [5.41, 5.74) is 6.25. The second kappa shape index (κ2) is 33.6. The van der Waals surface area contributed by atoms with E-state index in [0.717, 1.165) is 23.1 Å². The van der Waals surface area contributed by atoms with E-state index in [9.17, 15) is 49.8 Å². The average Bonchev–Trinajstić information content (AvgIpc) is 0.765. The molecule has 6 aliphatic rings. The van der Waals surface area contributed by atoms with Gasteiger partial charge < -0.3 is 90.8 Å². The molecule has 6 amide bonds. The van der Waals surface area contributed by atoms with Crippen LogP contribution in [0.1, 0.15) is 110 Å². The number of ether oxygens (including phenoxy) is 7. The number of nitrogens with zero attached hydrogens (tertiary/aromatic N) is 1. The molecule has 5 unspecified atom stereocenters. The molecule has 11 rings (SSSR count). The number of aliphatic hydroxyl groups is 6. The standard InChI is InChI=1S/C73H80Cl2N6O22/c1-9-18-97-49-15-12-36-24-42(49)57-43(22-34(6)23-52(57)98-19-10-2)58(35(7)83)77-71(95)61-63(88)38-14-17-51(45(75)26-38)101-54-29-39-28-53(67(54)103-72-66(91)65(90)64(89)55(32-82)102-72)100-50-16-13-37(25-44(50)74)62(87)60(79-70(94)46(21-33(4)5)81(8)73(96)99-20-11-3)47(84)27-40(30-56(76)86)68(92)78-59(39)48(85)31-41(36)69(93)80-61/h9-17,22-26,28-29,33,40-41,46,55,58-66,72,82,87-91H,1-3,18-21,27,30-32H2,4-8H3,(H2,76,86)(H,77,95)(H,78,92)(H,79,94)(H,80,93)/t40-,41+,46+,55?,58+,59+,60-,61-,62+,63+,64?,65?,66?,72?/m0/s1. The number of primary amides is 1. The van der Waals surface area contributed by atoms with Crippen LogP contribution in [0.25, 0.3) is 11.1 Å². The highest BCUT2D eigenvalue weighted by Gasteiger charge is 2.47. The SMILES string of the molecule is C=CCOC(=O)N(C)[C@H](CC(C)C)C(=O)N[C@H]1C(=O)C[C@@H](CC(N)=O)C(=O)N[C@H]2C(=O)C[C@H]3C(=O)N[C@H](C(=O)N[C@H](C(C)=O)c4cc(C)cc(OCC=C)c4-c4cc3ccc4OCC=C)[C@H](O)c3ccc(c(Cl)c3)Oc3cc2cc(c3OC2OC(CO)C(O)C(O)C2O)Oc2ccc(cc2Cl)[C@H]1O. The van der Waals surface area contributed by atoms with Crippen molar-refractivity contribution in [3.8, 4) is 51.4 Å². The van der Waals surface area contributed by atoms with Crippen LogP contribution in [0.2, 0.25) is 10.0 Å². The summed E-state index contributed by atoms with van der Waals surface area (Å²) >= 11 is 14.1. The first-order chi connectivity index (χ1) is 49.0. The largest absolute Gasteiger partial charge is 0.489 e. The summed E-state index contributed by atoms with van der Waals surface area (Å²) in [4.78, 5) is 134. The van der Waals surface area contributed by atoms with Gasteiger partial charge in [0, 0.05) is 37.4 Å². The van der Waals surface area contributed by atoms with Crippen LogP contribution in [-0.2, 0) is 47.8 Å². The third-order valence-electron chi connectivity index (χ3n) is 17.7. The van der Waals surface area contributed by atoms with Gasteiger partial charge in [-0.3, -0.25) is 43.3 Å². The fourth-order valence-corrected chi connectivity index (χ4v) is 12.9. The number of hydrogen-bond donors (Lipinski definition) is 11. The quantitative estimate of drug-likeness (QED) is 0.0441. The van der Waals surface area contributed by atoms with Crippen molar-refractivity contribution in [3.63, 3.8) is 0 Å². The molecule has 0 spiro atoms. The first kappa shape index (κ1) is 77.4. The van der Waals surface area contributed by atoms with Crippen molar-refractivity contribution in [2.45, 2.75) is 132 Å². The summed E-state index contributed by atoms with van der Waals surface area (Å²) in [5.74, 6) is -14.5. The van der Waals surface area contributed by atoms with Crippen molar-refractivity contribution in [3.05, 3.63) is 160 Å². The van der Waals surface area contributed by atoms with E-state index in [1.807, 2.05) is 0 Å². The van der Waals surface area contributed by atoms with Crippen LogP contribution in [0.4, 0.5) is 4.79 Å². The lowest BCUT2D eigenvalue weighted by molar-refractivity contribution is -0.277. The molecule has 6 aliphatic heterocycles. The molecule has 1 saturated heterocycles. The summed E-state index contributed by atoms with van der Waals surface area (Å²) < 4.78 is 43.1. The molecule has 28 nitrogen and oxygen atoms in total. The second-order valence-electron chi connectivity index (χ2n) is 25.7. The molecule has 5 aromatic carbocycles. The number of Topliss-reactive ketones (excluding diaryl/α,β-unsaturated/α-hetero) is 3. The van der Waals surface area contributed by atoms with Gasteiger partial charge in [-0.05, 0) is 114 Å². The Morgan fingerprint density at radius 1 is 0.709 bits per heavy atom. The van der Waals surface area contributed by atoms with Gasteiger partial charge in [0.25, 0.3) is 0 Å². The number of amides is 6. The fraction of sp³-hybridized carbons (Fsp3) is 0.384. The summed E-state index contributed by atoms with van der Waals surface area (Å²) in [5, 5.41) is 78.6. The van der Waals surface area contributed by atoms with Gasteiger partial charge in [-0.25, -0.2) is 4.79 Å². The zero-order valence-electron chi connectivity index (χ0n) is 56.7. The molecular formula is C73H80Cl2N6O22. The smallest absolute Gasteiger partial charge is 0.410 e. The predicted octanol–water partition coefficient (Wildman–Crippen LogP) is 5.71. The number of likely N-dealkylation sites (N-methyl/N-ethyl adjacent to an activating group) is 1. The summed E-state index contributed by atoms with van der Waals surface area (Å²) in [6.45, 7) is 16.2. The Morgan fingerprint density at radius 2 is 1.32 bits per heavy atom. The number of hydrogen-bond acceptors (Lipinski definition) is 22. The number of ketones is 3. The molecule has 0 saturated carbocycles. The van der Waals surface area contributed by atoms with Crippen molar-refractivity contribution in [2.75, 3.05) is 33.5 Å². The van der Waals surface area contributed by atoms with Gasteiger partial charge >= 0.3 is 6.09 Å². The number of aryl methyl sites for hydroxylation is 1. The number of carbonyl (C=O) groups excluding carboxylic acids is 9. The Bertz CT molecular complexity index is 4150. The number of fused-ring (bicyclic) bond motifs is 15. The van der Waals surface area contributed by atoms with E-state index < -0.39 is 181 Å². The summed E-state index contributed by atoms with van der Waals surface area (Å²) in [7, 11) is 1.27. The van der Waals surface area contributed by atoms with Crippen molar-refractivity contribution < 1.29 is 107 Å². The molecule has 14 atom stereocenters. The van der Waals surface area contributed by atoms with E-state index in [1.165, 1.54) is 80.7 Å². The third-order valence-corrected chi connectivity index (χ3v) is 18.3. The first-order valence-electron chi connectivity index (χ1n) is 32.8. The maximum absolute atomic E-state index is 16.3. The van der Waals surface area contributed by atoms with Crippen LogP contribution in [0.3, 0.4) is 0 Å². The highest BCUT2D eigenvalue weighted by Crippen LogP contribution is 2.50. The van der Waals surface area contributed by atoms with Crippen molar-refractivity contribution >= 4 is 76.2 Å². The first-order valence-corrected chi connectivity index (χ1v) is 33.5. The lowest BCUT2D eigenvalue weighted by Crippen LogP contribution is -2.60. The highest BCUT2D eigenvalue weighted by atomic mass is 35.5. The van der Waals surface area contributed by atoms with Gasteiger partial charge in [-0.15, -0.1) is 0 Å². The fourth-order valence-electron chi connectivity index (χ4n) is 12.5. The van der Waals surface area contributed by atoms with E-state index >= 15 is 24.0 Å². The van der Waals surface area contributed by atoms with Crippen LogP contribution < -0.4 is 50.7 Å². The van der Waals surface area contributed by atoms with Gasteiger partial charge in [0.2, 0.25) is 41.6 Å². The lowest BCUT2D eigenvalue weighted by Gasteiger charge is -2.39. The minimum absolute atomic E-state index is 0.00313. The van der Waals surface area contributed by atoms with Crippen LogP contribution in [0.15, 0.2) is 117 Å². The Morgan fingerprint density at radius 3 is 1.90 bits per heavy atom. The third kappa shape index (κ3) is 17.5. The Kier molecular flexibility index (Phi) is 25.2. The number of halogens is 2. The molecular weight excluding hydrogens is 1380 g/mol. The van der Waals surface area contributed by atoms with E-state index in [1.54, 1.807) is 32.9 Å². The minimum Gasteiger partial charge on any atom is -0.489 e. The molecule has 12 N–H and O–H groups in total. The Balaban J connectivity index is 1.33. The molecule has 0 aromatic heterocycles. The van der Waals surface area contributed by atoms with E-state index in [2.05, 4.69) is 41.0 Å². The van der Waals surface area contributed by atoms with E-state index in [4.69, 9.17) is 62.1 Å². The van der Waals surface area contributed by atoms with E-state index in [0.29, 0.717) is 5.56 Å². The average molecular weight is 1460 g/mol. The maximum atomic E-state index is 16.3. The molecule has 1 fully saturated rings. The number of aliphatic hydroxyl groups excluding tert-OH is 6. The Hall–Kier alpha value is -9.75. The number of nitrogens with one attached hydrogen (secondary N) is 4. The maximum Gasteiger partial charge on any atom is 0.410 e. The van der Waals surface area contributed by atoms with Gasteiger partial charge in [0.15, 0.2) is 28.8 Å². The second-order valence-corrected chi connectivity index (χ2v) is 26.5. The van der Waals surface area contributed by atoms with Gasteiger partial charge in [0.1, 0.15) is 110 Å². The number of carbonyl (C=O) groups is 9. The molecule has 5 aromatic rings. The van der Waals surface area contributed by atoms with Crippen LogP contribution in [0.5, 0.6) is 40.2 Å². The normalized spacial score (nSPS) is 24.4. The molecule has 548 valence electrons. The van der Waals surface area contributed by atoms with Gasteiger partial charge in [0.05, 0.1) is 28.5 Å². The van der Waals surface area contributed by atoms with Crippen LogP contribution >= 0.6 is 23.2 Å². The lowest BCUT2D eigenvalue weighted by atomic mass is 9.84. The monoisotopic (exact) mass is 1460 g/mol. The number of benzene rings is 5. The zero-order chi connectivity index (χ0) is 75.0. The molecule has 30 heteroatoms. The van der Waals surface area contributed by atoms with Gasteiger partial charge in [-0.1, -0.05) is 99.3 Å². The van der Waals surface area contributed by atoms with Crippen molar-refractivity contribution in [1.82, 2.24) is 26.2 Å². The van der Waals surface area contributed by atoms with Crippen molar-refractivity contribution in [1.29, 1.82) is 0 Å². The number of rotatable bonds is 19. The van der Waals surface area contributed by atoms with Crippen LogP contribution in [0, 0.1) is 18.8 Å². The number of nitrogens with two attached hydrogens (primary N) is 1. The van der Waals surface area contributed by atoms with Crippen LogP contribution in [-0.4, -0.2) is 171 Å². The Labute approximate surface area is 601 Å². The predicted molar refractivity (Wildman–Crippen MR) is 370 cm³/mol. The zero-order valence-corrected chi connectivity index (χ0v) is 58.2. The van der Waals surface area contributed by atoms with E-state index in [-0.39, 0.29) is 104 Å². The van der Waals surface area contributed by atoms with Gasteiger partial charge in [-0.2, -0.15) is 0 Å². The molecule has 103 heavy (non-hydrogen) atoms. The minimum atomic E-state index is -2.14. The molecule has 0 aliphatic carbocycles. The van der Waals surface area contributed by atoms with Crippen molar-refractivity contribution in [2.24, 2.45) is 17.6 Å². The summed E-state index contributed by atoms with van der Waals surface area (Å²) in [6.07, 6.45) is -13.6. The molecule has 0 radical (unpaired) electrons. The highest BCUT2D eigenvalue weighted by molar-refractivity contribution is 6.32. The summed E-state index contributed by atoms with van der Waals surface area (Å²) in [6, 6.07) is 8.00. The topological polar surface area (TPSA) is 417 Å². The molecule has 6 heterocycles.